The molecule has 1 fully saturated rings. The molecule has 0 bridgehead atoms. The van der Waals surface area contributed by atoms with Gasteiger partial charge in [-0.2, -0.15) is 0 Å². The third-order valence-electron chi connectivity index (χ3n) is 4.96. The maximum atomic E-state index is 12.9. The van der Waals surface area contributed by atoms with Crippen LogP contribution >= 0.6 is 0 Å². The zero-order valence-corrected chi connectivity index (χ0v) is 15.7. The van der Waals surface area contributed by atoms with Gasteiger partial charge in [0.05, 0.1) is 11.8 Å². The van der Waals surface area contributed by atoms with Crippen molar-refractivity contribution in [1.82, 2.24) is 4.90 Å². The summed E-state index contributed by atoms with van der Waals surface area (Å²) < 4.78 is 0. The molecular weight excluding hydrogens is 324 g/mol. The van der Waals surface area contributed by atoms with Gasteiger partial charge in [-0.25, -0.2) is 0 Å². The number of amides is 2. The van der Waals surface area contributed by atoms with Gasteiger partial charge in [0.15, 0.2) is 0 Å². The van der Waals surface area contributed by atoms with Gasteiger partial charge in [-0.05, 0) is 43.5 Å². The number of carbonyl (C=O) groups excluding carboxylic acids is 2. The molecule has 0 N–H and O–H groups in total. The maximum Gasteiger partial charge on any atom is 0.230 e. The van der Waals surface area contributed by atoms with E-state index in [0.29, 0.717) is 19.5 Å². The van der Waals surface area contributed by atoms with Crippen LogP contribution in [-0.4, -0.2) is 30.3 Å². The molecule has 0 heterocycles. The van der Waals surface area contributed by atoms with Crippen molar-refractivity contribution in [2.45, 2.75) is 26.8 Å². The van der Waals surface area contributed by atoms with Gasteiger partial charge in [0.25, 0.3) is 0 Å². The monoisotopic (exact) mass is 350 g/mol. The fraction of sp³-hybridized carbons (Fsp3) is 0.364. The normalized spacial score (nSPS) is 18.3. The highest BCUT2D eigenvalue weighted by Gasteiger charge is 2.50. The number of anilines is 1. The van der Waals surface area contributed by atoms with Crippen LogP contribution in [0.2, 0.25) is 0 Å². The number of hydrogen-bond acceptors (Lipinski definition) is 2. The third-order valence-corrected chi connectivity index (χ3v) is 4.96. The molecule has 2 atom stereocenters. The second kappa shape index (κ2) is 7.73. The van der Waals surface area contributed by atoms with Gasteiger partial charge in [0, 0.05) is 25.8 Å². The van der Waals surface area contributed by atoms with Crippen molar-refractivity contribution < 1.29 is 9.59 Å². The van der Waals surface area contributed by atoms with Gasteiger partial charge in [0.1, 0.15) is 0 Å². The van der Waals surface area contributed by atoms with E-state index in [-0.39, 0.29) is 23.7 Å². The van der Waals surface area contributed by atoms with E-state index in [0.717, 1.165) is 16.8 Å². The lowest BCUT2D eigenvalue weighted by Crippen LogP contribution is -2.34. The number of nitrogens with zero attached hydrogens (tertiary/aromatic N) is 2. The molecule has 2 amide bonds. The van der Waals surface area contributed by atoms with E-state index in [2.05, 4.69) is 0 Å². The first-order valence-electron chi connectivity index (χ1n) is 9.18. The summed E-state index contributed by atoms with van der Waals surface area (Å²) in [6, 6.07) is 17.9. The largest absolute Gasteiger partial charge is 0.341 e. The highest BCUT2D eigenvalue weighted by atomic mass is 16.2. The summed E-state index contributed by atoms with van der Waals surface area (Å²) in [7, 11) is 1.81. The Kier molecular flexibility index (Phi) is 5.40. The Morgan fingerprint density at radius 2 is 1.69 bits per heavy atom. The Morgan fingerprint density at radius 3 is 2.35 bits per heavy atom. The molecule has 0 saturated heterocycles. The van der Waals surface area contributed by atoms with Gasteiger partial charge >= 0.3 is 0 Å². The molecular formula is C22H26N2O2. The van der Waals surface area contributed by atoms with E-state index < -0.39 is 0 Å². The number of aryl methyl sites for hydroxylation is 1. The molecule has 0 spiro atoms. The van der Waals surface area contributed by atoms with Crippen LogP contribution in [0.4, 0.5) is 5.69 Å². The predicted molar refractivity (Wildman–Crippen MR) is 104 cm³/mol. The summed E-state index contributed by atoms with van der Waals surface area (Å²) in [5.74, 6) is -0.256. The minimum atomic E-state index is -0.193. The minimum absolute atomic E-state index is 0.0598. The maximum absolute atomic E-state index is 12.9. The van der Waals surface area contributed by atoms with E-state index in [4.69, 9.17) is 0 Å². The smallest absolute Gasteiger partial charge is 0.230 e. The SMILES string of the molecule is CCN(C(=O)C1CC1C(=O)N(C)Cc1ccccc1)c1cccc(C)c1. The summed E-state index contributed by atoms with van der Waals surface area (Å²) in [5, 5.41) is 0. The number of hydrogen-bond donors (Lipinski definition) is 0. The standard InChI is InChI=1S/C22H26N2O2/c1-4-24(18-12-8-9-16(2)13-18)22(26)20-14-19(20)21(25)23(3)15-17-10-6-5-7-11-17/h5-13,19-20H,4,14-15H2,1-3H3. The van der Waals surface area contributed by atoms with Crippen molar-refractivity contribution in [2.24, 2.45) is 11.8 Å². The molecule has 1 saturated carbocycles. The third kappa shape index (κ3) is 3.96. The Balaban J connectivity index is 1.63. The van der Waals surface area contributed by atoms with E-state index in [1.54, 1.807) is 9.80 Å². The molecule has 0 aromatic heterocycles. The highest BCUT2D eigenvalue weighted by molar-refractivity contribution is 6.01. The van der Waals surface area contributed by atoms with Crippen LogP contribution in [0, 0.1) is 18.8 Å². The lowest BCUT2D eigenvalue weighted by atomic mass is 10.1. The van der Waals surface area contributed by atoms with E-state index in [1.807, 2.05) is 75.5 Å². The number of carbonyl (C=O) groups is 2. The Bertz CT molecular complexity index is 788. The van der Waals surface area contributed by atoms with E-state index >= 15 is 0 Å². The summed E-state index contributed by atoms with van der Waals surface area (Å²) in [4.78, 5) is 29.1. The Labute approximate surface area is 155 Å². The average Bonchev–Trinajstić information content (AvgIpc) is 3.43. The van der Waals surface area contributed by atoms with Crippen molar-refractivity contribution >= 4 is 17.5 Å². The first kappa shape index (κ1) is 18.2. The second-order valence-corrected chi connectivity index (χ2v) is 7.05. The number of rotatable bonds is 6. The minimum Gasteiger partial charge on any atom is -0.341 e. The fourth-order valence-corrected chi connectivity index (χ4v) is 3.42. The van der Waals surface area contributed by atoms with E-state index in [9.17, 15) is 9.59 Å². The molecule has 0 aliphatic heterocycles. The van der Waals surface area contributed by atoms with E-state index in [1.165, 1.54) is 0 Å². The van der Waals surface area contributed by atoms with Crippen LogP contribution in [0.3, 0.4) is 0 Å². The van der Waals surface area contributed by atoms with Crippen molar-refractivity contribution in [1.29, 1.82) is 0 Å². The molecule has 4 heteroatoms. The molecule has 2 aromatic carbocycles. The van der Waals surface area contributed by atoms with Gasteiger partial charge in [0.2, 0.25) is 11.8 Å². The van der Waals surface area contributed by atoms with Crippen LogP contribution in [0.5, 0.6) is 0 Å². The summed E-state index contributed by atoms with van der Waals surface area (Å²) in [6.07, 6.45) is 0.652. The van der Waals surface area contributed by atoms with Crippen molar-refractivity contribution in [3.63, 3.8) is 0 Å². The van der Waals surface area contributed by atoms with Crippen molar-refractivity contribution in [2.75, 3.05) is 18.5 Å². The van der Waals surface area contributed by atoms with Crippen LogP contribution in [0.1, 0.15) is 24.5 Å². The number of benzene rings is 2. The molecule has 1 aliphatic rings. The van der Waals surface area contributed by atoms with Crippen LogP contribution in [-0.2, 0) is 16.1 Å². The highest BCUT2D eigenvalue weighted by Crippen LogP contribution is 2.42. The second-order valence-electron chi connectivity index (χ2n) is 7.05. The predicted octanol–water partition coefficient (Wildman–Crippen LogP) is 3.64. The summed E-state index contributed by atoms with van der Waals surface area (Å²) in [6.45, 7) is 5.18. The molecule has 1 aliphatic carbocycles. The fourth-order valence-electron chi connectivity index (χ4n) is 3.42. The Morgan fingerprint density at radius 1 is 1.00 bits per heavy atom. The quantitative estimate of drug-likeness (QED) is 0.798. The zero-order valence-electron chi connectivity index (χ0n) is 15.7. The van der Waals surface area contributed by atoms with Crippen molar-refractivity contribution in [3.05, 3.63) is 65.7 Å². The zero-order chi connectivity index (χ0) is 18.7. The lowest BCUT2D eigenvalue weighted by Gasteiger charge is -2.22. The van der Waals surface area contributed by atoms with Gasteiger partial charge in [-0.15, -0.1) is 0 Å². The Hall–Kier alpha value is -2.62. The van der Waals surface area contributed by atoms with Crippen LogP contribution in [0.15, 0.2) is 54.6 Å². The van der Waals surface area contributed by atoms with Crippen molar-refractivity contribution in [3.8, 4) is 0 Å². The van der Waals surface area contributed by atoms with Gasteiger partial charge in [-0.3, -0.25) is 9.59 Å². The molecule has 2 unspecified atom stereocenters. The van der Waals surface area contributed by atoms with Crippen LogP contribution in [0.25, 0.3) is 0 Å². The molecule has 26 heavy (non-hydrogen) atoms. The summed E-state index contributed by atoms with van der Waals surface area (Å²) in [5.41, 5.74) is 3.13. The lowest BCUT2D eigenvalue weighted by molar-refractivity contribution is -0.133. The topological polar surface area (TPSA) is 40.6 Å². The van der Waals surface area contributed by atoms with Gasteiger partial charge < -0.3 is 9.80 Å². The first-order valence-corrected chi connectivity index (χ1v) is 9.18. The van der Waals surface area contributed by atoms with Gasteiger partial charge in [-0.1, -0.05) is 42.5 Å². The molecule has 136 valence electrons. The summed E-state index contributed by atoms with van der Waals surface area (Å²) >= 11 is 0. The average molecular weight is 350 g/mol. The molecule has 0 radical (unpaired) electrons. The van der Waals surface area contributed by atoms with Crippen LogP contribution < -0.4 is 4.90 Å². The molecule has 3 rings (SSSR count). The molecule has 2 aromatic rings. The first-order chi connectivity index (χ1) is 12.5. The molecule has 4 nitrogen and oxygen atoms in total.